The van der Waals surface area contributed by atoms with Crippen LogP contribution in [0.25, 0.3) is 0 Å². The second kappa shape index (κ2) is 9.05. The first-order chi connectivity index (χ1) is 9.59. The lowest BCUT2D eigenvalue weighted by Gasteiger charge is -2.08. The van der Waals surface area contributed by atoms with Crippen molar-refractivity contribution in [2.24, 2.45) is 5.10 Å². The molecule has 110 valence electrons. The Morgan fingerprint density at radius 3 is 2.90 bits per heavy atom. The van der Waals surface area contributed by atoms with Crippen LogP contribution in [0.1, 0.15) is 19.6 Å². The van der Waals surface area contributed by atoms with Crippen LogP contribution in [0.2, 0.25) is 0 Å². The predicted octanol–water partition coefficient (Wildman–Crippen LogP) is 1.00. The summed E-state index contributed by atoms with van der Waals surface area (Å²) >= 11 is 5.00. The Kier molecular flexibility index (Phi) is 7.30. The Balaban J connectivity index is 2.12. The number of nitrogens with zero attached hydrogens (tertiary/aromatic N) is 1. The molecule has 0 saturated heterocycles. The summed E-state index contributed by atoms with van der Waals surface area (Å²) in [6.07, 6.45) is 1.57. The van der Waals surface area contributed by atoms with E-state index in [9.17, 15) is 4.79 Å². The van der Waals surface area contributed by atoms with Gasteiger partial charge < -0.3 is 19.2 Å². The molecule has 0 atom stereocenters. The predicted molar refractivity (Wildman–Crippen MR) is 77.2 cm³/mol. The van der Waals surface area contributed by atoms with Gasteiger partial charge in [0.05, 0.1) is 12.9 Å². The zero-order valence-electron chi connectivity index (χ0n) is 11.3. The molecule has 8 heteroatoms. The van der Waals surface area contributed by atoms with Gasteiger partial charge in [-0.25, -0.2) is 0 Å². The maximum atomic E-state index is 10.5. The second-order valence-electron chi connectivity index (χ2n) is 3.68. The molecule has 0 spiro atoms. The zero-order chi connectivity index (χ0) is 14.8. The SMILES string of the molecule is CC(=O)OCCOCNC(=S)N/N=C(\C)c1ccco1. The molecule has 0 fully saturated rings. The summed E-state index contributed by atoms with van der Waals surface area (Å²) in [6.45, 7) is 3.85. The van der Waals surface area contributed by atoms with Crippen molar-refractivity contribution in [3.8, 4) is 0 Å². The van der Waals surface area contributed by atoms with Crippen molar-refractivity contribution in [3.63, 3.8) is 0 Å². The normalized spacial score (nSPS) is 11.0. The quantitative estimate of drug-likeness (QED) is 0.194. The van der Waals surface area contributed by atoms with Crippen molar-refractivity contribution in [2.45, 2.75) is 13.8 Å². The van der Waals surface area contributed by atoms with E-state index in [0.29, 0.717) is 23.2 Å². The van der Waals surface area contributed by atoms with E-state index in [0.717, 1.165) is 0 Å². The van der Waals surface area contributed by atoms with Gasteiger partial charge in [0.1, 0.15) is 24.8 Å². The van der Waals surface area contributed by atoms with Crippen molar-refractivity contribution in [1.29, 1.82) is 0 Å². The lowest BCUT2D eigenvalue weighted by molar-refractivity contribution is -0.142. The van der Waals surface area contributed by atoms with Gasteiger partial charge in [0.25, 0.3) is 0 Å². The Morgan fingerprint density at radius 1 is 1.45 bits per heavy atom. The van der Waals surface area contributed by atoms with E-state index in [1.807, 2.05) is 0 Å². The maximum absolute atomic E-state index is 10.5. The zero-order valence-corrected chi connectivity index (χ0v) is 12.2. The molecule has 2 N–H and O–H groups in total. The van der Waals surface area contributed by atoms with E-state index >= 15 is 0 Å². The van der Waals surface area contributed by atoms with Crippen LogP contribution in [0.5, 0.6) is 0 Å². The monoisotopic (exact) mass is 299 g/mol. The standard InChI is InChI=1S/C12H17N3O4S/c1-9(11-4-3-5-19-11)14-15-12(20)13-8-17-6-7-18-10(2)16/h3-5H,6-8H2,1-2H3,(H2,13,15,20)/b14-9+. The van der Waals surface area contributed by atoms with Crippen LogP contribution < -0.4 is 10.7 Å². The summed E-state index contributed by atoms with van der Waals surface area (Å²) in [7, 11) is 0. The number of thiocarbonyl (C=S) groups is 1. The smallest absolute Gasteiger partial charge is 0.302 e. The number of carbonyl (C=O) groups excluding carboxylic acids is 1. The fourth-order valence-corrected chi connectivity index (χ4v) is 1.25. The van der Waals surface area contributed by atoms with Gasteiger partial charge in [-0.1, -0.05) is 0 Å². The Labute approximate surface area is 122 Å². The summed E-state index contributed by atoms with van der Waals surface area (Å²) in [6, 6.07) is 3.58. The Bertz CT molecular complexity index is 459. The molecule has 0 unspecified atom stereocenters. The van der Waals surface area contributed by atoms with Crippen LogP contribution in [0.15, 0.2) is 27.9 Å². The largest absolute Gasteiger partial charge is 0.463 e. The Hall–Kier alpha value is -1.93. The molecular formula is C12H17N3O4S. The summed E-state index contributed by atoms with van der Waals surface area (Å²) in [4.78, 5) is 10.5. The number of ether oxygens (including phenoxy) is 2. The van der Waals surface area contributed by atoms with Crippen LogP contribution in [-0.4, -0.2) is 36.7 Å². The number of esters is 1. The van der Waals surface area contributed by atoms with E-state index in [4.69, 9.17) is 26.1 Å². The third-order valence-electron chi connectivity index (χ3n) is 2.07. The Morgan fingerprint density at radius 2 is 2.25 bits per heavy atom. The fourth-order valence-electron chi connectivity index (χ4n) is 1.15. The van der Waals surface area contributed by atoms with Gasteiger partial charge in [-0.2, -0.15) is 5.10 Å². The third-order valence-corrected chi connectivity index (χ3v) is 2.31. The van der Waals surface area contributed by atoms with Crippen LogP contribution in [0.3, 0.4) is 0 Å². The molecule has 0 bridgehead atoms. The lowest BCUT2D eigenvalue weighted by atomic mass is 10.3. The molecule has 1 heterocycles. The van der Waals surface area contributed by atoms with E-state index in [-0.39, 0.29) is 19.3 Å². The van der Waals surface area contributed by atoms with Crippen molar-refractivity contribution < 1.29 is 18.7 Å². The number of carbonyl (C=O) groups is 1. The molecule has 0 amide bonds. The van der Waals surface area contributed by atoms with Crippen molar-refractivity contribution in [3.05, 3.63) is 24.2 Å². The lowest BCUT2D eigenvalue weighted by Crippen LogP contribution is -2.34. The van der Waals surface area contributed by atoms with Crippen molar-refractivity contribution in [1.82, 2.24) is 10.7 Å². The molecule has 0 saturated carbocycles. The first-order valence-electron chi connectivity index (χ1n) is 5.92. The highest BCUT2D eigenvalue weighted by atomic mass is 32.1. The van der Waals surface area contributed by atoms with Crippen molar-refractivity contribution >= 4 is 29.0 Å². The highest BCUT2D eigenvalue weighted by molar-refractivity contribution is 7.80. The maximum Gasteiger partial charge on any atom is 0.302 e. The molecule has 0 aliphatic heterocycles. The molecule has 7 nitrogen and oxygen atoms in total. The van der Waals surface area contributed by atoms with E-state index in [2.05, 4.69) is 15.8 Å². The first-order valence-corrected chi connectivity index (χ1v) is 6.33. The number of hydrogen-bond acceptors (Lipinski definition) is 6. The number of rotatable bonds is 7. The van der Waals surface area contributed by atoms with Gasteiger partial charge in [-0.3, -0.25) is 10.2 Å². The van der Waals surface area contributed by atoms with Gasteiger partial charge in [0, 0.05) is 6.92 Å². The molecule has 1 aromatic heterocycles. The van der Waals surface area contributed by atoms with E-state index in [1.165, 1.54) is 6.92 Å². The van der Waals surface area contributed by atoms with Gasteiger partial charge in [0.2, 0.25) is 0 Å². The van der Waals surface area contributed by atoms with Crippen LogP contribution in [0.4, 0.5) is 0 Å². The van der Waals surface area contributed by atoms with Crippen LogP contribution in [0, 0.1) is 0 Å². The molecule has 0 radical (unpaired) electrons. The van der Waals surface area contributed by atoms with Crippen molar-refractivity contribution in [2.75, 3.05) is 19.9 Å². The first kappa shape index (κ1) is 16.1. The number of hydrazone groups is 1. The minimum Gasteiger partial charge on any atom is -0.463 e. The van der Waals surface area contributed by atoms with Gasteiger partial charge >= 0.3 is 5.97 Å². The molecule has 0 aromatic carbocycles. The number of nitrogens with one attached hydrogen (secondary N) is 2. The molecule has 1 aromatic rings. The average Bonchev–Trinajstić information content (AvgIpc) is 2.93. The van der Waals surface area contributed by atoms with Crippen LogP contribution >= 0.6 is 12.2 Å². The molecule has 0 aliphatic rings. The number of hydrogen-bond donors (Lipinski definition) is 2. The van der Waals surface area contributed by atoms with Gasteiger partial charge in [0.15, 0.2) is 5.11 Å². The average molecular weight is 299 g/mol. The van der Waals surface area contributed by atoms with Gasteiger partial charge in [-0.05, 0) is 31.3 Å². The van der Waals surface area contributed by atoms with Crippen LogP contribution in [-0.2, 0) is 14.3 Å². The summed E-state index contributed by atoms with van der Waals surface area (Å²) in [5, 5.41) is 7.16. The fraction of sp³-hybridized carbons (Fsp3) is 0.417. The summed E-state index contributed by atoms with van der Waals surface area (Å²) in [5.41, 5.74) is 3.34. The molecule has 20 heavy (non-hydrogen) atoms. The summed E-state index contributed by atoms with van der Waals surface area (Å²) in [5.74, 6) is 0.333. The molecule has 1 rings (SSSR count). The molecule has 0 aliphatic carbocycles. The number of furan rings is 1. The van der Waals surface area contributed by atoms with Gasteiger partial charge in [-0.15, -0.1) is 0 Å². The van der Waals surface area contributed by atoms with E-state index < -0.39 is 0 Å². The highest BCUT2D eigenvalue weighted by Crippen LogP contribution is 2.00. The minimum atomic E-state index is -0.332. The third kappa shape index (κ3) is 6.86. The second-order valence-corrected chi connectivity index (χ2v) is 4.09. The molecular weight excluding hydrogens is 282 g/mol. The minimum absolute atomic E-state index is 0.197. The highest BCUT2D eigenvalue weighted by Gasteiger charge is 2.00. The topological polar surface area (TPSA) is 85.1 Å². The van der Waals surface area contributed by atoms with E-state index in [1.54, 1.807) is 25.3 Å². The summed E-state index contributed by atoms with van der Waals surface area (Å²) < 4.78 is 15.0.